The fraction of sp³-hybridized carbons (Fsp3) is 0.429. The molecule has 114 valence electrons. The van der Waals surface area contributed by atoms with Crippen LogP contribution in [-0.2, 0) is 5.41 Å². The first-order chi connectivity index (χ1) is 9.74. The molecule has 2 aromatic heterocycles. The van der Waals surface area contributed by atoms with Gasteiger partial charge in [0.2, 0.25) is 0 Å². The Morgan fingerprint density at radius 2 is 1.95 bits per heavy atom. The van der Waals surface area contributed by atoms with Gasteiger partial charge < -0.3 is 9.73 Å². The number of halogens is 3. The molecule has 0 aliphatic heterocycles. The van der Waals surface area contributed by atoms with Crippen LogP contribution in [0.5, 0.6) is 0 Å². The molecule has 0 saturated heterocycles. The molecular weight excluding hydrogens is 513 g/mol. The van der Waals surface area contributed by atoms with Gasteiger partial charge in [0.15, 0.2) is 16.3 Å². The van der Waals surface area contributed by atoms with E-state index in [1.807, 2.05) is 6.07 Å². The monoisotopic (exact) mass is 527 g/mol. The van der Waals surface area contributed by atoms with E-state index in [2.05, 4.69) is 92.4 Å². The highest BCUT2D eigenvalue weighted by atomic mass is 127. The van der Waals surface area contributed by atoms with E-state index >= 15 is 0 Å². The fourth-order valence-electron chi connectivity index (χ4n) is 1.80. The first kappa shape index (κ1) is 17.2. The predicted molar refractivity (Wildman–Crippen MR) is 101 cm³/mol. The average molecular weight is 529 g/mol. The molecule has 0 spiro atoms. The molecule has 0 amide bonds. The summed E-state index contributed by atoms with van der Waals surface area (Å²) >= 11 is 9.07. The maximum Gasteiger partial charge on any atom is 0.198 e. The van der Waals surface area contributed by atoms with Crippen molar-refractivity contribution in [3.8, 4) is 11.6 Å². The van der Waals surface area contributed by atoms with E-state index in [9.17, 15) is 0 Å². The van der Waals surface area contributed by atoms with Gasteiger partial charge in [-0.15, -0.1) is 0 Å². The molecule has 0 unspecified atom stereocenters. The SMILES string of the molecule is CCNc1nc(-c2cc(Br)c(Br)o2)nc(C(C)(C)C)c1I. The number of aromatic nitrogens is 2. The van der Waals surface area contributed by atoms with Crippen LogP contribution in [0, 0.1) is 3.57 Å². The Morgan fingerprint density at radius 3 is 2.43 bits per heavy atom. The molecular formula is C14H16Br2IN3O. The number of hydrogen-bond donors (Lipinski definition) is 1. The lowest BCUT2D eigenvalue weighted by Gasteiger charge is -2.21. The Bertz CT molecular complexity index is 645. The highest BCUT2D eigenvalue weighted by molar-refractivity contribution is 14.1. The van der Waals surface area contributed by atoms with Gasteiger partial charge in [-0.2, -0.15) is 0 Å². The summed E-state index contributed by atoms with van der Waals surface area (Å²) in [7, 11) is 0. The van der Waals surface area contributed by atoms with Crippen LogP contribution in [0.2, 0.25) is 0 Å². The summed E-state index contributed by atoms with van der Waals surface area (Å²) in [6.45, 7) is 9.29. The molecule has 0 aliphatic carbocycles. The van der Waals surface area contributed by atoms with Gasteiger partial charge in [-0.3, -0.25) is 0 Å². The molecule has 0 fully saturated rings. The second kappa shape index (κ2) is 6.54. The molecule has 2 aromatic rings. The van der Waals surface area contributed by atoms with Crippen molar-refractivity contribution in [3.63, 3.8) is 0 Å². The summed E-state index contributed by atoms with van der Waals surface area (Å²) in [6.07, 6.45) is 0. The Labute approximate surface area is 154 Å². The van der Waals surface area contributed by atoms with E-state index < -0.39 is 0 Å². The summed E-state index contributed by atoms with van der Waals surface area (Å²) in [5, 5.41) is 3.30. The van der Waals surface area contributed by atoms with Gasteiger partial charge in [-0.25, -0.2) is 9.97 Å². The standard InChI is InChI=1S/C14H16Br2IN3O/c1-5-18-13-9(17)10(14(2,3)4)19-12(20-13)8-6-7(15)11(16)21-8/h6H,5H2,1-4H3,(H,18,19,20). The second-order valence-corrected chi connectivity index (χ2v) is 8.22. The lowest BCUT2D eigenvalue weighted by atomic mass is 9.92. The van der Waals surface area contributed by atoms with E-state index in [0.717, 1.165) is 26.1 Å². The predicted octanol–water partition coefficient (Wildman–Crippen LogP) is 5.60. The maximum atomic E-state index is 5.66. The zero-order valence-corrected chi connectivity index (χ0v) is 17.6. The fourth-order valence-corrected chi connectivity index (χ4v) is 3.61. The topological polar surface area (TPSA) is 51.0 Å². The number of nitrogens with one attached hydrogen (secondary N) is 1. The van der Waals surface area contributed by atoms with Crippen LogP contribution in [0.1, 0.15) is 33.4 Å². The molecule has 7 heteroatoms. The quantitative estimate of drug-likeness (QED) is 0.527. The van der Waals surface area contributed by atoms with Gasteiger partial charge in [-0.1, -0.05) is 20.8 Å². The van der Waals surface area contributed by atoms with Crippen molar-refractivity contribution in [1.82, 2.24) is 9.97 Å². The Balaban J connectivity index is 2.64. The molecule has 0 aromatic carbocycles. The summed E-state index contributed by atoms with van der Waals surface area (Å²) in [5.74, 6) is 2.06. The second-order valence-electron chi connectivity index (χ2n) is 5.57. The van der Waals surface area contributed by atoms with Crippen LogP contribution in [0.3, 0.4) is 0 Å². The van der Waals surface area contributed by atoms with Crippen molar-refractivity contribution in [2.45, 2.75) is 33.1 Å². The van der Waals surface area contributed by atoms with Crippen LogP contribution in [0.25, 0.3) is 11.6 Å². The zero-order chi connectivity index (χ0) is 15.8. The number of rotatable bonds is 3. The molecule has 2 rings (SSSR count). The molecule has 0 aliphatic rings. The van der Waals surface area contributed by atoms with Gasteiger partial charge in [0.1, 0.15) is 5.82 Å². The van der Waals surface area contributed by atoms with Crippen molar-refractivity contribution < 1.29 is 4.42 Å². The van der Waals surface area contributed by atoms with Crippen LogP contribution >= 0.6 is 54.5 Å². The van der Waals surface area contributed by atoms with Gasteiger partial charge >= 0.3 is 0 Å². The molecule has 21 heavy (non-hydrogen) atoms. The van der Waals surface area contributed by atoms with Crippen LogP contribution < -0.4 is 5.32 Å². The summed E-state index contributed by atoms with van der Waals surface area (Å²) in [4.78, 5) is 9.31. The molecule has 0 saturated carbocycles. The lowest BCUT2D eigenvalue weighted by Crippen LogP contribution is -2.19. The van der Waals surface area contributed by atoms with E-state index in [-0.39, 0.29) is 5.41 Å². The molecule has 0 atom stereocenters. The summed E-state index contributed by atoms with van der Waals surface area (Å²) in [6, 6.07) is 1.87. The summed E-state index contributed by atoms with van der Waals surface area (Å²) < 4.78 is 8.20. The molecule has 1 N–H and O–H groups in total. The van der Waals surface area contributed by atoms with Crippen LogP contribution in [0.4, 0.5) is 5.82 Å². The van der Waals surface area contributed by atoms with E-state index in [4.69, 9.17) is 9.40 Å². The third-order valence-corrected chi connectivity index (χ3v) is 5.50. The number of furan rings is 1. The van der Waals surface area contributed by atoms with Gasteiger partial charge in [0, 0.05) is 18.0 Å². The summed E-state index contributed by atoms with van der Waals surface area (Å²) in [5.41, 5.74) is 0.937. The number of hydrogen-bond acceptors (Lipinski definition) is 4. The molecule has 4 nitrogen and oxygen atoms in total. The van der Waals surface area contributed by atoms with E-state index in [1.54, 1.807) is 0 Å². The van der Waals surface area contributed by atoms with Crippen LogP contribution in [-0.4, -0.2) is 16.5 Å². The Hall–Kier alpha value is -0.150. The third kappa shape index (κ3) is 3.79. The van der Waals surface area contributed by atoms with Crippen molar-refractivity contribution in [3.05, 3.63) is 24.5 Å². The average Bonchev–Trinajstić information content (AvgIpc) is 2.71. The van der Waals surface area contributed by atoms with Crippen LogP contribution in [0.15, 0.2) is 19.6 Å². The van der Waals surface area contributed by atoms with Crippen molar-refractivity contribution in [1.29, 1.82) is 0 Å². The van der Waals surface area contributed by atoms with Gasteiger partial charge in [0.05, 0.1) is 13.7 Å². The van der Waals surface area contributed by atoms with E-state index in [0.29, 0.717) is 16.3 Å². The zero-order valence-electron chi connectivity index (χ0n) is 12.2. The molecule has 0 bridgehead atoms. The number of nitrogens with zero attached hydrogens (tertiary/aromatic N) is 2. The molecule has 0 radical (unpaired) electrons. The van der Waals surface area contributed by atoms with Crippen molar-refractivity contribution >= 4 is 60.3 Å². The first-order valence-corrected chi connectivity index (χ1v) is 9.17. The minimum atomic E-state index is -0.0700. The van der Waals surface area contributed by atoms with E-state index in [1.165, 1.54) is 0 Å². The van der Waals surface area contributed by atoms with Crippen molar-refractivity contribution in [2.24, 2.45) is 0 Å². The minimum Gasteiger partial charge on any atom is -0.445 e. The first-order valence-electron chi connectivity index (χ1n) is 6.51. The molecule has 2 heterocycles. The van der Waals surface area contributed by atoms with Crippen molar-refractivity contribution in [2.75, 3.05) is 11.9 Å². The highest BCUT2D eigenvalue weighted by Gasteiger charge is 2.24. The third-order valence-electron chi connectivity index (χ3n) is 2.77. The number of anilines is 1. The Kier molecular flexibility index (Phi) is 5.36. The normalized spacial score (nSPS) is 11.8. The lowest BCUT2D eigenvalue weighted by molar-refractivity contribution is 0.540. The maximum absolute atomic E-state index is 5.66. The smallest absolute Gasteiger partial charge is 0.198 e. The largest absolute Gasteiger partial charge is 0.445 e. The Morgan fingerprint density at radius 1 is 1.29 bits per heavy atom. The highest BCUT2D eigenvalue weighted by Crippen LogP contribution is 2.35. The van der Waals surface area contributed by atoms with Gasteiger partial charge in [0.25, 0.3) is 0 Å². The minimum absolute atomic E-state index is 0.0700. The van der Waals surface area contributed by atoms with Gasteiger partial charge in [-0.05, 0) is 61.4 Å².